The van der Waals surface area contributed by atoms with Gasteiger partial charge in [0.25, 0.3) is 0 Å². The molecule has 0 unspecified atom stereocenters. The molecule has 0 saturated carbocycles. The van der Waals surface area contributed by atoms with Crippen molar-refractivity contribution in [2.24, 2.45) is 5.92 Å². The van der Waals surface area contributed by atoms with Crippen molar-refractivity contribution in [3.05, 3.63) is 47.8 Å². The fourth-order valence-electron chi connectivity index (χ4n) is 1.86. The topological polar surface area (TPSA) is 17.8 Å². The van der Waals surface area contributed by atoms with E-state index in [1.165, 1.54) is 10.7 Å². The van der Waals surface area contributed by atoms with Crippen molar-refractivity contribution in [1.29, 1.82) is 0 Å². The number of benzene rings is 1. The minimum atomic E-state index is -4.33. The first kappa shape index (κ1) is 13.6. The molecule has 0 aliphatic rings. The predicted octanol–water partition coefficient (Wildman–Crippen LogP) is 4.09. The first-order valence-corrected chi connectivity index (χ1v) is 6.08. The Hall–Kier alpha value is -1.78. The molecule has 2 nitrogen and oxygen atoms in total. The lowest BCUT2D eigenvalue weighted by molar-refractivity contribution is -0.137. The van der Waals surface area contributed by atoms with Gasteiger partial charge in [-0.15, -0.1) is 0 Å². The van der Waals surface area contributed by atoms with Crippen LogP contribution in [0, 0.1) is 5.92 Å². The van der Waals surface area contributed by atoms with E-state index < -0.39 is 11.7 Å². The minimum absolute atomic E-state index is 0.421. The third-order valence-corrected chi connectivity index (χ3v) is 2.70. The van der Waals surface area contributed by atoms with Crippen LogP contribution in [-0.2, 0) is 12.6 Å². The van der Waals surface area contributed by atoms with Crippen molar-refractivity contribution in [2.75, 3.05) is 0 Å². The Kier molecular flexibility index (Phi) is 3.64. The summed E-state index contributed by atoms with van der Waals surface area (Å²) in [6.07, 6.45) is -1.83. The van der Waals surface area contributed by atoms with Crippen LogP contribution < -0.4 is 0 Å². The Labute approximate surface area is 109 Å². The maximum Gasteiger partial charge on any atom is 0.416 e. The molecule has 1 aromatic carbocycles. The molecule has 0 saturated heterocycles. The second-order valence-corrected chi connectivity index (χ2v) is 4.90. The Morgan fingerprint density at radius 2 is 1.95 bits per heavy atom. The van der Waals surface area contributed by atoms with Gasteiger partial charge in [0, 0.05) is 6.20 Å². The van der Waals surface area contributed by atoms with Crippen LogP contribution in [0.3, 0.4) is 0 Å². The summed E-state index contributed by atoms with van der Waals surface area (Å²) in [6.45, 7) is 4.15. The van der Waals surface area contributed by atoms with E-state index in [0.29, 0.717) is 11.6 Å². The van der Waals surface area contributed by atoms with Gasteiger partial charge in [-0.05, 0) is 36.6 Å². The molecule has 1 aromatic heterocycles. The standard InChI is InChI=1S/C14H15F3N2/c1-10(2)8-12-6-7-19(18-12)13-5-3-4-11(9-13)14(15,16)17/h3-7,9-10H,8H2,1-2H3. The van der Waals surface area contributed by atoms with Gasteiger partial charge >= 0.3 is 6.18 Å². The maximum atomic E-state index is 12.6. The molecule has 0 bridgehead atoms. The second-order valence-electron chi connectivity index (χ2n) is 4.90. The number of hydrogen-bond acceptors (Lipinski definition) is 1. The number of alkyl halides is 3. The molecule has 102 valence electrons. The van der Waals surface area contributed by atoms with E-state index in [9.17, 15) is 13.2 Å². The zero-order valence-corrected chi connectivity index (χ0v) is 10.8. The lowest BCUT2D eigenvalue weighted by Gasteiger charge is -2.08. The van der Waals surface area contributed by atoms with Crippen LogP contribution in [0.4, 0.5) is 13.2 Å². The molecule has 2 aromatic rings. The summed E-state index contributed by atoms with van der Waals surface area (Å²) < 4.78 is 39.4. The molecule has 0 aliphatic carbocycles. The van der Waals surface area contributed by atoms with Crippen LogP contribution in [-0.4, -0.2) is 9.78 Å². The van der Waals surface area contributed by atoms with Gasteiger partial charge in [-0.2, -0.15) is 18.3 Å². The van der Waals surface area contributed by atoms with E-state index in [4.69, 9.17) is 0 Å². The fraction of sp³-hybridized carbons (Fsp3) is 0.357. The number of hydrogen-bond donors (Lipinski definition) is 0. The average Bonchev–Trinajstić information content (AvgIpc) is 2.76. The highest BCUT2D eigenvalue weighted by molar-refractivity contribution is 5.36. The molecule has 1 heterocycles. The number of aromatic nitrogens is 2. The van der Waals surface area contributed by atoms with Gasteiger partial charge < -0.3 is 0 Å². The lowest BCUT2D eigenvalue weighted by atomic mass is 10.1. The molecule has 0 amide bonds. The van der Waals surface area contributed by atoms with Gasteiger partial charge in [-0.3, -0.25) is 0 Å². The molecule has 19 heavy (non-hydrogen) atoms. The maximum absolute atomic E-state index is 12.6. The van der Waals surface area contributed by atoms with Crippen LogP contribution >= 0.6 is 0 Å². The number of rotatable bonds is 3. The van der Waals surface area contributed by atoms with Crippen molar-refractivity contribution in [3.63, 3.8) is 0 Å². The third kappa shape index (κ3) is 3.36. The zero-order chi connectivity index (χ0) is 14.0. The average molecular weight is 268 g/mol. The lowest BCUT2D eigenvalue weighted by Crippen LogP contribution is -2.06. The second kappa shape index (κ2) is 5.07. The van der Waals surface area contributed by atoms with Crippen molar-refractivity contribution in [2.45, 2.75) is 26.4 Å². The van der Waals surface area contributed by atoms with Crippen molar-refractivity contribution in [3.8, 4) is 5.69 Å². The van der Waals surface area contributed by atoms with Crippen molar-refractivity contribution < 1.29 is 13.2 Å². The van der Waals surface area contributed by atoms with Crippen LogP contribution in [0.2, 0.25) is 0 Å². The van der Waals surface area contributed by atoms with E-state index >= 15 is 0 Å². The smallest absolute Gasteiger partial charge is 0.241 e. The van der Waals surface area contributed by atoms with Gasteiger partial charge in [0.05, 0.1) is 16.9 Å². The molecule has 2 rings (SSSR count). The molecular formula is C14H15F3N2. The summed E-state index contributed by atoms with van der Waals surface area (Å²) in [4.78, 5) is 0. The third-order valence-electron chi connectivity index (χ3n) is 2.70. The Bertz CT molecular complexity index is 556. The highest BCUT2D eigenvalue weighted by atomic mass is 19.4. The molecule has 0 radical (unpaired) electrons. The molecule has 5 heteroatoms. The Morgan fingerprint density at radius 1 is 1.21 bits per heavy atom. The van der Waals surface area contributed by atoms with E-state index in [2.05, 4.69) is 18.9 Å². The first-order valence-electron chi connectivity index (χ1n) is 6.08. The number of halogens is 3. The van der Waals surface area contributed by atoms with E-state index in [1.54, 1.807) is 12.3 Å². The van der Waals surface area contributed by atoms with Crippen LogP contribution in [0.1, 0.15) is 25.1 Å². The molecule has 0 atom stereocenters. The summed E-state index contributed by atoms with van der Waals surface area (Å²) in [5.74, 6) is 0.463. The molecule has 0 aliphatic heterocycles. The summed E-state index contributed by atoms with van der Waals surface area (Å²) in [7, 11) is 0. The Morgan fingerprint density at radius 3 is 2.58 bits per heavy atom. The number of nitrogens with zero attached hydrogens (tertiary/aromatic N) is 2. The summed E-state index contributed by atoms with van der Waals surface area (Å²) in [6, 6.07) is 7.00. The van der Waals surface area contributed by atoms with Crippen molar-refractivity contribution in [1.82, 2.24) is 9.78 Å². The molecule has 0 fully saturated rings. The molecule has 0 N–H and O–H groups in total. The van der Waals surface area contributed by atoms with Gasteiger partial charge in [0.15, 0.2) is 0 Å². The summed E-state index contributed by atoms with van der Waals surface area (Å²) in [5.41, 5.74) is 0.642. The summed E-state index contributed by atoms with van der Waals surface area (Å²) in [5, 5.41) is 4.29. The van der Waals surface area contributed by atoms with Gasteiger partial charge in [-0.1, -0.05) is 19.9 Å². The van der Waals surface area contributed by atoms with Crippen LogP contribution in [0.15, 0.2) is 36.5 Å². The van der Waals surface area contributed by atoms with E-state index in [0.717, 1.165) is 24.2 Å². The predicted molar refractivity (Wildman–Crippen MR) is 67.1 cm³/mol. The van der Waals surface area contributed by atoms with Gasteiger partial charge in [0.2, 0.25) is 0 Å². The monoisotopic (exact) mass is 268 g/mol. The summed E-state index contributed by atoms with van der Waals surface area (Å²) >= 11 is 0. The zero-order valence-electron chi connectivity index (χ0n) is 10.8. The van der Waals surface area contributed by atoms with Crippen molar-refractivity contribution >= 4 is 0 Å². The van der Waals surface area contributed by atoms with Crippen LogP contribution in [0.25, 0.3) is 5.69 Å². The highest BCUT2D eigenvalue weighted by Gasteiger charge is 2.30. The van der Waals surface area contributed by atoms with Gasteiger partial charge in [-0.25, -0.2) is 4.68 Å². The SMILES string of the molecule is CC(C)Cc1ccn(-c2cccc(C(F)(F)F)c2)n1. The largest absolute Gasteiger partial charge is 0.416 e. The molecular weight excluding hydrogens is 253 g/mol. The van der Waals surface area contributed by atoms with Gasteiger partial charge in [0.1, 0.15) is 0 Å². The molecule has 0 spiro atoms. The van der Waals surface area contributed by atoms with Crippen LogP contribution in [0.5, 0.6) is 0 Å². The van der Waals surface area contributed by atoms with E-state index in [-0.39, 0.29) is 0 Å². The highest BCUT2D eigenvalue weighted by Crippen LogP contribution is 2.30. The first-order chi connectivity index (χ1) is 8.86. The quantitative estimate of drug-likeness (QED) is 0.819. The Balaban J connectivity index is 2.29. The van der Waals surface area contributed by atoms with E-state index in [1.807, 2.05) is 6.07 Å². The minimum Gasteiger partial charge on any atom is -0.241 e. The normalized spacial score (nSPS) is 12.1. The fourth-order valence-corrected chi connectivity index (χ4v) is 1.86.